The van der Waals surface area contributed by atoms with Crippen LogP contribution in [0.1, 0.15) is 65.8 Å². The third-order valence-corrected chi connectivity index (χ3v) is 6.61. The van der Waals surface area contributed by atoms with Gasteiger partial charge in [-0.15, -0.1) is 0 Å². The van der Waals surface area contributed by atoms with Crippen molar-refractivity contribution < 1.29 is 41.8 Å². The van der Waals surface area contributed by atoms with Gasteiger partial charge in [-0.2, -0.15) is 13.2 Å². The fourth-order valence-electron chi connectivity index (χ4n) is 4.58. The first kappa shape index (κ1) is 29.1. The summed E-state index contributed by atoms with van der Waals surface area (Å²) < 4.78 is 56.4. The van der Waals surface area contributed by atoms with E-state index in [-0.39, 0.29) is 47.3 Å². The van der Waals surface area contributed by atoms with Crippen molar-refractivity contribution in [1.82, 2.24) is 4.98 Å². The number of anilines is 1. The molecule has 0 N–H and O–H groups in total. The molecule has 1 aromatic carbocycles. The maximum absolute atomic E-state index is 13.7. The molecule has 1 saturated carbocycles. The Morgan fingerprint density at radius 2 is 1.84 bits per heavy atom. The molecule has 1 atom stereocenters. The number of benzene rings is 1. The fraction of sp³-hybridized carbons (Fsp3) is 0.481. The number of alkyl halides is 3. The summed E-state index contributed by atoms with van der Waals surface area (Å²) in [5, 5.41) is 0. The second-order valence-electron chi connectivity index (χ2n) is 9.48. The number of esters is 1. The van der Waals surface area contributed by atoms with E-state index in [1.54, 1.807) is 6.92 Å². The first-order valence-electron chi connectivity index (χ1n) is 12.2. The standard InChI is InChI=1S/C27H31F3N2O6/c1-16-5-7-19(8-6-16)25(34)32(17(2)15-36-3)23-10-9-20(12-21(23)26(35)37-4)38-24-22(27(28,29)30)11-18(14-33)13-31-24/h9-14,16-17,19H,5-8,15H2,1-4H3/t16-,17-,19-/m0/s1. The molecule has 0 spiro atoms. The van der Waals surface area contributed by atoms with Gasteiger partial charge in [0.05, 0.1) is 31.0 Å². The fourth-order valence-corrected chi connectivity index (χ4v) is 4.58. The van der Waals surface area contributed by atoms with Crippen LogP contribution in [0.25, 0.3) is 0 Å². The summed E-state index contributed by atoms with van der Waals surface area (Å²) >= 11 is 0. The third kappa shape index (κ3) is 6.69. The summed E-state index contributed by atoms with van der Waals surface area (Å²) in [6.07, 6.45) is -0.390. The Balaban J connectivity index is 2.05. The molecular weight excluding hydrogens is 505 g/mol. The Morgan fingerprint density at radius 3 is 2.42 bits per heavy atom. The molecule has 206 valence electrons. The average Bonchev–Trinajstić information content (AvgIpc) is 2.89. The molecule has 0 bridgehead atoms. The van der Waals surface area contributed by atoms with E-state index in [2.05, 4.69) is 11.9 Å². The van der Waals surface area contributed by atoms with E-state index in [0.717, 1.165) is 26.1 Å². The number of ether oxygens (including phenoxy) is 3. The lowest BCUT2D eigenvalue weighted by molar-refractivity contribution is -0.138. The van der Waals surface area contributed by atoms with E-state index in [9.17, 15) is 27.6 Å². The number of hydrogen-bond donors (Lipinski definition) is 0. The van der Waals surface area contributed by atoms with E-state index in [0.29, 0.717) is 24.8 Å². The number of carbonyl (C=O) groups excluding carboxylic acids is 3. The molecule has 1 heterocycles. The van der Waals surface area contributed by atoms with Crippen molar-refractivity contribution in [2.45, 2.75) is 51.7 Å². The normalized spacial score (nSPS) is 18.4. The molecule has 0 radical (unpaired) electrons. The van der Waals surface area contributed by atoms with E-state index in [1.165, 1.54) is 30.2 Å². The number of rotatable bonds is 9. The van der Waals surface area contributed by atoms with Gasteiger partial charge in [-0.05, 0) is 62.8 Å². The number of aldehydes is 1. The predicted molar refractivity (Wildman–Crippen MR) is 132 cm³/mol. The zero-order valence-corrected chi connectivity index (χ0v) is 21.7. The van der Waals surface area contributed by atoms with Gasteiger partial charge in [-0.3, -0.25) is 9.59 Å². The van der Waals surface area contributed by atoms with Crippen LogP contribution in [0.2, 0.25) is 0 Å². The minimum atomic E-state index is -4.84. The largest absolute Gasteiger partial charge is 0.465 e. The number of methoxy groups -OCH3 is 2. The van der Waals surface area contributed by atoms with Crippen LogP contribution < -0.4 is 9.64 Å². The number of nitrogens with zero attached hydrogens (tertiary/aromatic N) is 2. The molecule has 0 aliphatic heterocycles. The van der Waals surface area contributed by atoms with E-state index >= 15 is 0 Å². The number of amides is 1. The molecule has 3 rings (SSSR count). The van der Waals surface area contributed by atoms with Crippen molar-refractivity contribution in [3.05, 3.63) is 47.2 Å². The minimum Gasteiger partial charge on any atom is -0.465 e. The lowest BCUT2D eigenvalue weighted by Gasteiger charge is -2.35. The van der Waals surface area contributed by atoms with Crippen molar-refractivity contribution in [1.29, 1.82) is 0 Å². The van der Waals surface area contributed by atoms with E-state index in [1.807, 2.05) is 0 Å². The van der Waals surface area contributed by atoms with Crippen LogP contribution >= 0.6 is 0 Å². The predicted octanol–water partition coefficient (Wildman–Crippen LogP) is 5.69. The summed E-state index contributed by atoms with van der Waals surface area (Å²) in [4.78, 5) is 42.6. The SMILES string of the molecule is COC[C@H](C)N(c1ccc(Oc2ncc(C=O)cc2C(F)(F)F)cc1C(=O)OC)C(=O)[C@H]1CC[C@H](C)CC1. The third-order valence-electron chi connectivity index (χ3n) is 6.61. The molecule has 1 fully saturated rings. The zero-order chi connectivity index (χ0) is 28.0. The van der Waals surface area contributed by atoms with Crippen LogP contribution in [0.5, 0.6) is 11.6 Å². The molecule has 1 aliphatic rings. The van der Waals surface area contributed by atoms with Gasteiger partial charge in [0.2, 0.25) is 11.8 Å². The van der Waals surface area contributed by atoms with E-state index < -0.39 is 29.6 Å². The van der Waals surface area contributed by atoms with Crippen LogP contribution in [-0.4, -0.2) is 50.0 Å². The number of aromatic nitrogens is 1. The van der Waals surface area contributed by atoms with Crippen molar-refractivity contribution in [2.75, 3.05) is 25.7 Å². The molecule has 0 unspecified atom stereocenters. The number of pyridine rings is 1. The van der Waals surface area contributed by atoms with Crippen molar-refractivity contribution >= 4 is 23.9 Å². The van der Waals surface area contributed by atoms with Crippen LogP contribution in [0.4, 0.5) is 18.9 Å². The van der Waals surface area contributed by atoms with Crippen LogP contribution in [0.3, 0.4) is 0 Å². The lowest BCUT2D eigenvalue weighted by atomic mass is 9.82. The zero-order valence-electron chi connectivity index (χ0n) is 21.7. The first-order chi connectivity index (χ1) is 18.0. The molecule has 0 saturated heterocycles. The van der Waals surface area contributed by atoms with Gasteiger partial charge in [0.1, 0.15) is 11.3 Å². The van der Waals surface area contributed by atoms with Crippen LogP contribution in [0.15, 0.2) is 30.5 Å². The highest BCUT2D eigenvalue weighted by Crippen LogP contribution is 2.39. The van der Waals surface area contributed by atoms with Crippen LogP contribution in [0, 0.1) is 11.8 Å². The van der Waals surface area contributed by atoms with Gasteiger partial charge in [-0.1, -0.05) is 6.92 Å². The summed E-state index contributed by atoms with van der Waals surface area (Å²) in [5.74, 6) is -1.59. The number of hydrogen-bond acceptors (Lipinski definition) is 7. The monoisotopic (exact) mass is 536 g/mol. The van der Waals surface area contributed by atoms with Crippen molar-refractivity contribution in [3.8, 4) is 11.6 Å². The topological polar surface area (TPSA) is 95.0 Å². The smallest absolute Gasteiger partial charge is 0.421 e. The summed E-state index contributed by atoms with van der Waals surface area (Å²) in [7, 11) is 2.66. The van der Waals surface area contributed by atoms with Gasteiger partial charge in [0, 0.05) is 24.8 Å². The van der Waals surface area contributed by atoms with Gasteiger partial charge >= 0.3 is 12.1 Å². The molecule has 11 heteroatoms. The highest BCUT2D eigenvalue weighted by molar-refractivity contribution is 6.04. The number of halogens is 3. The molecule has 2 aromatic rings. The summed E-state index contributed by atoms with van der Waals surface area (Å²) in [6, 6.07) is 4.17. The highest BCUT2D eigenvalue weighted by atomic mass is 19.4. The Kier molecular flexibility index (Phi) is 9.48. The van der Waals surface area contributed by atoms with Crippen molar-refractivity contribution in [2.24, 2.45) is 11.8 Å². The second kappa shape index (κ2) is 12.4. The molecule has 1 amide bonds. The summed E-state index contributed by atoms with van der Waals surface area (Å²) in [5.41, 5.74) is -1.35. The average molecular weight is 537 g/mol. The Bertz CT molecular complexity index is 1160. The Labute approximate surface area is 219 Å². The van der Waals surface area contributed by atoms with Crippen LogP contribution in [-0.2, 0) is 20.4 Å². The molecule has 8 nitrogen and oxygen atoms in total. The Morgan fingerprint density at radius 1 is 1.16 bits per heavy atom. The maximum Gasteiger partial charge on any atom is 0.421 e. The summed E-state index contributed by atoms with van der Waals surface area (Å²) in [6.45, 7) is 4.12. The Hall–Kier alpha value is -3.47. The van der Waals surface area contributed by atoms with Crippen molar-refractivity contribution in [3.63, 3.8) is 0 Å². The van der Waals surface area contributed by atoms with Gasteiger partial charge < -0.3 is 19.1 Å². The van der Waals surface area contributed by atoms with Gasteiger partial charge in [0.15, 0.2) is 6.29 Å². The quantitative estimate of drug-likeness (QED) is 0.300. The first-order valence-corrected chi connectivity index (χ1v) is 12.2. The second-order valence-corrected chi connectivity index (χ2v) is 9.48. The highest BCUT2D eigenvalue weighted by Gasteiger charge is 2.37. The van der Waals surface area contributed by atoms with Gasteiger partial charge in [0.25, 0.3) is 0 Å². The van der Waals surface area contributed by atoms with Gasteiger partial charge in [-0.25, -0.2) is 9.78 Å². The minimum absolute atomic E-state index is 0.0662. The molecule has 38 heavy (non-hydrogen) atoms. The molecule has 1 aliphatic carbocycles. The number of carbonyl (C=O) groups is 3. The molecule has 1 aromatic heterocycles. The van der Waals surface area contributed by atoms with E-state index in [4.69, 9.17) is 14.2 Å². The molecular formula is C27H31F3N2O6. The lowest BCUT2D eigenvalue weighted by Crippen LogP contribution is -2.46. The maximum atomic E-state index is 13.7.